The van der Waals surface area contributed by atoms with Crippen molar-refractivity contribution in [2.75, 3.05) is 0 Å². The highest BCUT2D eigenvalue weighted by Crippen LogP contribution is 2.29. The third-order valence-electron chi connectivity index (χ3n) is 3.59. The number of fused-ring (bicyclic) bond motifs is 1. The standard InChI is InChI=1S/C12H13N3O4S/c16-15(17)9-5-6-10-11(7-9)20(18,19)14-12(10)13-8-3-1-2-4-8/h5-8H,1-4H2,(H,13,14). The van der Waals surface area contributed by atoms with Crippen LogP contribution in [0.2, 0.25) is 0 Å². The third kappa shape index (κ3) is 2.15. The van der Waals surface area contributed by atoms with Crippen LogP contribution in [0.5, 0.6) is 0 Å². The van der Waals surface area contributed by atoms with Crippen molar-refractivity contribution in [3.63, 3.8) is 0 Å². The Hall–Kier alpha value is -1.96. The Morgan fingerprint density at radius 3 is 2.65 bits per heavy atom. The first kappa shape index (κ1) is 13.0. The van der Waals surface area contributed by atoms with E-state index in [2.05, 4.69) is 9.71 Å². The van der Waals surface area contributed by atoms with Crippen LogP contribution in [0.15, 0.2) is 28.1 Å². The molecule has 0 amide bonds. The van der Waals surface area contributed by atoms with E-state index < -0.39 is 14.9 Å². The maximum absolute atomic E-state index is 12.0. The number of hydrogen-bond acceptors (Lipinski definition) is 5. The van der Waals surface area contributed by atoms with Gasteiger partial charge in [0.05, 0.1) is 11.0 Å². The van der Waals surface area contributed by atoms with E-state index in [0.29, 0.717) is 11.4 Å². The number of nitrogens with zero attached hydrogens (tertiary/aromatic N) is 2. The smallest absolute Gasteiger partial charge is 0.264 e. The molecule has 1 fully saturated rings. The van der Waals surface area contributed by atoms with Gasteiger partial charge in [-0.2, -0.15) is 0 Å². The van der Waals surface area contributed by atoms with E-state index >= 15 is 0 Å². The zero-order valence-corrected chi connectivity index (χ0v) is 11.4. The molecule has 0 atom stereocenters. The van der Waals surface area contributed by atoms with E-state index in [1.165, 1.54) is 12.1 Å². The van der Waals surface area contributed by atoms with Crippen LogP contribution in [0.25, 0.3) is 0 Å². The van der Waals surface area contributed by atoms with Gasteiger partial charge in [0.1, 0.15) is 10.7 Å². The molecule has 1 N–H and O–H groups in total. The fourth-order valence-electron chi connectivity index (χ4n) is 2.59. The van der Waals surface area contributed by atoms with Crippen LogP contribution in [0.4, 0.5) is 5.69 Å². The SMILES string of the molecule is O=[N+]([O-])c1ccc2c(c1)S(=O)(=O)NC2=NC1CCCC1. The van der Waals surface area contributed by atoms with Gasteiger partial charge in [0, 0.05) is 17.7 Å². The van der Waals surface area contributed by atoms with Crippen molar-refractivity contribution in [2.45, 2.75) is 36.6 Å². The number of benzene rings is 1. The molecule has 0 bridgehead atoms. The van der Waals surface area contributed by atoms with Gasteiger partial charge in [-0.05, 0) is 18.9 Å². The van der Waals surface area contributed by atoms with Crippen molar-refractivity contribution < 1.29 is 13.3 Å². The largest absolute Gasteiger partial charge is 0.270 e. The summed E-state index contributed by atoms with van der Waals surface area (Å²) in [4.78, 5) is 14.5. The highest BCUT2D eigenvalue weighted by molar-refractivity contribution is 7.90. The van der Waals surface area contributed by atoms with Gasteiger partial charge in [0.25, 0.3) is 15.7 Å². The molecular formula is C12H13N3O4S. The minimum Gasteiger partial charge on any atom is -0.264 e. The van der Waals surface area contributed by atoms with Crippen LogP contribution in [0.3, 0.4) is 0 Å². The Labute approximate surface area is 115 Å². The number of hydrogen-bond donors (Lipinski definition) is 1. The molecule has 0 radical (unpaired) electrons. The van der Waals surface area contributed by atoms with Gasteiger partial charge in [0.15, 0.2) is 0 Å². The first-order valence-electron chi connectivity index (χ1n) is 6.37. The third-order valence-corrected chi connectivity index (χ3v) is 4.97. The van der Waals surface area contributed by atoms with E-state index in [1.54, 1.807) is 0 Å². The number of sulfonamides is 1. The lowest BCUT2D eigenvalue weighted by atomic mass is 10.2. The number of aliphatic imine (C=N–C) groups is 1. The summed E-state index contributed by atoms with van der Waals surface area (Å²) in [6, 6.07) is 3.95. The molecule has 1 heterocycles. The lowest BCUT2D eigenvalue weighted by Crippen LogP contribution is -2.23. The van der Waals surface area contributed by atoms with Crippen LogP contribution >= 0.6 is 0 Å². The van der Waals surface area contributed by atoms with Crippen molar-refractivity contribution in [3.05, 3.63) is 33.9 Å². The minimum absolute atomic E-state index is 0.0663. The molecule has 0 spiro atoms. The fraction of sp³-hybridized carbons (Fsp3) is 0.417. The summed E-state index contributed by atoms with van der Waals surface area (Å²) in [6.45, 7) is 0. The second-order valence-electron chi connectivity index (χ2n) is 4.96. The van der Waals surface area contributed by atoms with Crippen LogP contribution in [-0.4, -0.2) is 25.2 Å². The van der Waals surface area contributed by atoms with Crippen molar-refractivity contribution in [1.29, 1.82) is 0 Å². The topological polar surface area (TPSA) is 102 Å². The van der Waals surface area contributed by atoms with Crippen LogP contribution in [0, 0.1) is 10.1 Å². The van der Waals surface area contributed by atoms with Crippen LogP contribution < -0.4 is 4.72 Å². The highest BCUT2D eigenvalue weighted by atomic mass is 32.2. The summed E-state index contributed by atoms with van der Waals surface area (Å²) in [5.41, 5.74) is 0.179. The molecule has 0 saturated heterocycles. The van der Waals surface area contributed by atoms with Gasteiger partial charge in [-0.25, -0.2) is 8.42 Å². The molecule has 1 aliphatic heterocycles. The van der Waals surface area contributed by atoms with Crippen molar-refractivity contribution in [1.82, 2.24) is 4.72 Å². The second kappa shape index (κ2) is 4.55. The quantitative estimate of drug-likeness (QED) is 0.661. The van der Waals surface area contributed by atoms with Crippen LogP contribution in [-0.2, 0) is 10.0 Å². The number of nitro groups is 1. The second-order valence-corrected chi connectivity index (χ2v) is 6.61. The zero-order chi connectivity index (χ0) is 14.3. The molecule has 1 saturated carbocycles. The Morgan fingerprint density at radius 2 is 2.00 bits per heavy atom. The molecule has 3 rings (SSSR count). The van der Waals surface area contributed by atoms with E-state index in [4.69, 9.17) is 0 Å². The van der Waals surface area contributed by atoms with Crippen LogP contribution in [0.1, 0.15) is 31.2 Å². The van der Waals surface area contributed by atoms with Crippen molar-refractivity contribution in [3.8, 4) is 0 Å². The molecule has 2 aliphatic rings. The number of nitrogens with one attached hydrogen (secondary N) is 1. The lowest BCUT2D eigenvalue weighted by molar-refractivity contribution is -0.385. The summed E-state index contributed by atoms with van der Waals surface area (Å²) in [7, 11) is -3.74. The molecule has 7 nitrogen and oxygen atoms in total. The number of nitro benzene ring substituents is 1. The summed E-state index contributed by atoms with van der Waals surface area (Å²) in [6.07, 6.45) is 4.10. The average Bonchev–Trinajstić information content (AvgIpc) is 2.97. The molecule has 0 aromatic heterocycles. The maximum Gasteiger partial charge on any atom is 0.270 e. The zero-order valence-electron chi connectivity index (χ0n) is 10.6. The van der Waals surface area contributed by atoms with Gasteiger partial charge in [0.2, 0.25) is 0 Å². The first-order valence-corrected chi connectivity index (χ1v) is 7.85. The van der Waals surface area contributed by atoms with Crippen molar-refractivity contribution in [2.24, 2.45) is 4.99 Å². The number of rotatable bonds is 2. The van der Waals surface area contributed by atoms with Gasteiger partial charge in [-0.1, -0.05) is 12.8 Å². The summed E-state index contributed by atoms with van der Waals surface area (Å²) in [5, 5.41) is 10.7. The number of non-ortho nitro benzene ring substituents is 1. The Kier molecular flexibility index (Phi) is 2.97. The first-order chi connectivity index (χ1) is 9.47. The molecule has 106 valence electrons. The van der Waals surface area contributed by atoms with Gasteiger partial charge in [-0.15, -0.1) is 0 Å². The Balaban J connectivity index is 2.07. The highest BCUT2D eigenvalue weighted by Gasteiger charge is 2.33. The van der Waals surface area contributed by atoms with E-state index in [0.717, 1.165) is 31.7 Å². The minimum atomic E-state index is -3.74. The molecule has 1 aromatic rings. The summed E-state index contributed by atoms with van der Waals surface area (Å²) in [5.74, 6) is 0.307. The van der Waals surface area contributed by atoms with E-state index in [9.17, 15) is 18.5 Å². The normalized spacial score (nSPS) is 22.7. The predicted molar refractivity (Wildman–Crippen MR) is 72.2 cm³/mol. The summed E-state index contributed by atoms with van der Waals surface area (Å²) >= 11 is 0. The van der Waals surface area contributed by atoms with Crippen molar-refractivity contribution >= 4 is 21.5 Å². The van der Waals surface area contributed by atoms with E-state index in [1.807, 2.05) is 0 Å². The molecule has 1 aromatic carbocycles. The lowest BCUT2D eigenvalue weighted by Gasteiger charge is -2.04. The predicted octanol–water partition coefficient (Wildman–Crippen LogP) is 1.58. The molecule has 0 unspecified atom stereocenters. The summed E-state index contributed by atoms with van der Waals surface area (Å²) < 4.78 is 26.4. The maximum atomic E-state index is 12.0. The monoisotopic (exact) mass is 295 g/mol. The molecular weight excluding hydrogens is 282 g/mol. The van der Waals surface area contributed by atoms with Gasteiger partial charge >= 0.3 is 0 Å². The van der Waals surface area contributed by atoms with Gasteiger partial charge < -0.3 is 0 Å². The molecule has 1 aliphatic carbocycles. The van der Waals surface area contributed by atoms with E-state index in [-0.39, 0.29) is 16.6 Å². The Morgan fingerprint density at radius 1 is 1.30 bits per heavy atom. The molecule has 8 heteroatoms. The Bertz CT molecular complexity index is 705. The molecule has 20 heavy (non-hydrogen) atoms. The fourth-order valence-corrected chi connectivity index (χ4v) is 3.85. The average molecular weight is 295 g/mol. The number of amidine groups is 1. The van der Waals surface area contributed by atoms with Gasteiger partial charge in [-0.3, -0.25) is 19.8 Å².